The Morgan fingerprint density at radius 3 is 2.09 bits per heavy atom. The summed E-state index contributed by atoms with van der Waals surface area (Å²) in [6, 6.07) is 5.96. The highest BCUT2D eigenvalue weighted by Crippen LogP contribution is 2.75. The number of carbonyl (C=O) groups excluding carboxylic acids is 3. The Labute approximate surface area is 123 Å². The van der Waals surface area contributed by atoms with E-state index in [-0.39, 0.29) is 29.0 Å². The third kappa shape index (κ3) is 1.38. The van der Waals surface area contributed by atoms with E-state index in [4.69, 9.17) is 4.84 Å². The van der Waals surface area contributed by atoms with E-state index in [1.54, 1.807) is 12.1 Å². The first kappa shape index (κ1) is 13.4. The Morgan fingerprint density at radius 1 is 1.14 bits per heavy atom. The second-order valence-corrected chi connectivity index (χ2v) is 5.93. The van der Waals surface area contributed by atoms with Crippen molar-refractivity contribution in [3.63, 3.8) is 0 Å². The standard InChI is InChI=1S/C15H11F2NO4/c16-15(17)10(14(15)6-3-7-14)13(21)22-18-11(19)8-4-1-2-5-9(8)12(18)20/h1-2,4-5,10H,3,6-7H2. The monoisotopic (exact) mass is 307 g/mol. The molecular formula is C15H11F2NO4. The number of carbonyl (C=O) groups is 3. The lowest BCUT2D eigenvalue weighted by Crippen LogP contribution is -2.34. The van der Waals surface area contributed by atoms with Crippen LogP contribution in [0.5, 0.6) is 0 Å². The predicted octanol–water partition coefficient (Wildman–Crippen LogP) is 2.18. The summed E-state index contributed by atoms with van der Waals surface area (Å²) >= 11 is 0. The zero-order valence-electron chi connectivity index (χ0n) is 11.3. The second-order valence-electron chi connectivity index (χ2n) is 5.93. The molecular weight excluding hydrogens is 296 g/mol. The number of nitrogens with zero attached hydrogens (tertiary/aromatic N) is 1. The zero-order valence-corrected chi connectivity index (χ0v) is 11.3. The second kappa shape index (κ2) is 3.91. The van der Waals surface area contributed by atoms with Gasteiger partial charge in [0.05, 0.1) is 16.5 Å². The topological polar surface area (TPSA) is 63.7 Å². The van der Waals surface area contributed by atoms with Gasteiger partial charge in [0, 0.05) is 0 Å². The van der Waals surface area contributed by atoms with Gasteiger partial charge in [-0.15, -0.1) is 0 Å². The van der Waals surface area contributed by atoms with Crippen LogP contribution in [0.1, 0.15) is 40.0 Å². The molecule has 4 rings (SSSR count). The van der Waals surface area contributed by atoms with Gasteiger partial charge in [0.15, 0.2) is 0 Å². The minimum atomic E-state index is -3.11. The average Bonchev–Trinajstić information content (AvgIpc) is 2.91. The van der Waals surface area contributed by atoms with Crippen molar-refractivity contribution in [1.29, 1.82) is 0 Å². The van der Waals surface area contributed by atoms with Gasteiger partial charge in [0.2, 0.25) is 0 Å². The van der Waals surface area contributed by atoms with Gasteiger partial charge in [-0.1, -0.05) is 23.6 Å². The van der Waals surface area contributed by atoms with E-state index in [1.165, 1.54) is 12.1 Å². The van der Waals surface area contributed by atoms with Crippen LogP contribution in [0.25, 0.3) is 0 Å². The molecule has 1 aromatic carbocycles. The van der Waals surface area contributed by atoms with E-state index in [9.17, 15) is 23.2 Å². The lowest BCUT2D eigenvalue weighted by molar-refractivity contribution is -0.173. The van der Waals surface area contributed by atoms with E-state index in [1.807, 2.05) is 0 Å². The lowest BCUT2D eigenvalue weighted by Gasteiger charge is -2.25. The Bertz CT molecular complexity index is 691. The fraction of sp³-hybridized carbons (Fsp3) is 0.400. The van der Waals surface area contributed by atoms with Crippen molar-refractivity contribution >= 4 is 17.8 Å². The van der Waals surface area contributed by atoms with Crippen LogP contribution in [0.3, 0.4) is 0 Å². The van der Waals surface area contributed by atoms with E-state index in [0.717, 1.165) is 0 Å². The highest BCUT2D eigenvalue weighted by atomic mass is 19.3. The van der Waals surface area contributed by atoms with Gasteiger partial charge < -0.3 is 4.84 Å². The van der Waals surface area contributed by atoms with Crippen LogP contribution in [0.15, 0.2) is 24.3 Å². The number of hydroxylamine groups is 2. The van der Waals surface area contributed by atoms with Gasteiger partial charge in [-0.3, -0.25) is 9.59 Å². The molecule has 114 valence electrons. The van der Waals surface area contributed by atoms with Gasteiger partial charge >= 0.3 is 5.97 Å². The third-order valence-corrected chi connectivity index (χ3v) is 4.92. The Morgan fingerprint density at radius 2 is 1.68 bits per heavy atom. The maximum absolute atomic E-state index is 13.8. The molecule has 0 bridgehead atoms. The molecule has 0 aromatic heterocycles. The fourth-order valence-corrected chi connectivity index (χ4v) is 3.46. The van der Waals surface area contributed by atoms with Crippen LogP contribution >= 0.6 is 0 Å². The van der Waals surface area contributed by atoms with E-state index >= 15 is 0 Å². The number of fused-ring (bicyclic) bond motifs is 1. The molecule has 2 fully saturated rings. The first-order chi connectivity index (χ1) is 10.4. The highest BCUT2D eigenvalue weighted by Gasteiger charge is 2.85. The van der Waals surface area contributed by atoms with Crippen molar-refractivity contribution in [2.75, 3.05) is 0 Å². The minimum Gasteiger partial charge on any atom is -0.329 e. The van der Waals surface area contributed by atoms with Gasteiger partial charge in [0.1, 0.15) is 5.92 Å². The van der Waals surface area contributed by atoms with Crippen molar-refractivity contribution in [3.05, 3.63) is 35.4 Å². The summed E-state index contributed by atoms with van der Waals surface area (Å²) in [5.74, 6) is -7.49. The molecule has 0 saturated heterocycles. The van der Waals surface area contributed by atoms with Gasteiger partial charge in [-0.2, -0.15) is 0 Å². The third-order valence-electron chi connectivity index (χ3n) is 4.92. The van der Waals surface area contributed by atoms with E-state index < -0.39 is 35.0 Å². The lowest BCUT2D eigenvalue weighted by atomic mass is 9.79. The van der Waals surface area contributed by atoms with Crippen LogP contribution in [-0.4, -0.2) is 28.8 Å². The van der Waals surface area contributed by atoms with E-state index in [0.29, 0.717) is 6.42 Å². The molecule has 7 heteroatoms. The van der Waals surface area contributed by atoms with Crippen LogP contribution in [0.2, 0.25) is 0 Å². The summed E-state index contributed by atoms with van der Waals surface area (Å²) in [5.41, 5.74) is -1.12. The van der Waals surface area contributed by atoms with Crippen LogP contribution in [0, 0.1) is 11.3 Å². The molecule has 1 aliphatic heterocycles. The summed E-state index contributed by atoms with van der Waals surface area (Å²) in [6.07, 6.45) is 1.18. The summed E-state index contributed by atoms with van der Waals surface area (Å²) < 4.78 is 27.6. The fourth-order valence-electron chi connectivity index (χ4n) is 3.46. The number of amides is 2. The average molecular weight is 307 g/mol. The normalized spacial score (nSPS) is 26.6. The zero-order chi connectivity index (χ0) is 15.7. The molecule has 0 N–H and O–H groups in total. The number of alkyl halides is 2. The van der Waals surface area contributed by atoms with Gasteiger partial charge in [-0.05, 0) is 25.0 Å². The first-order valence-electron chi connectivity index (χ1n) is 6.97. The molecule has 1 heterocycles. The summed E-state index contributed by atoms with van der Waals surface area (Å²) in [5, 5.41) is 0.285. The Hall–Kier alpha value is -2.31. The number of imide groups is 1. The maximum atomic E-state index is 13.8. The van der Waals surface area contributed by atoms with Crippen molar-refractivity contribution in [2.45, 2.75) is 25.2 Å². The molecule has 2 aliphatic carbocycles. The van der Waals surface area contributed by atoms with Crippen LogP contribution < -0.4 is 0 Å². The molecule has 3 aliphatic rings. The SMILES string of the molecule is O=C(ON1C(=O)c2ccccc2C1=O)C1C(F)(F)C12CCC2. The van der Waals surface area contributed by atoms with Gasteiger partial charge in [0.25, 0.3) is 17.7 Å². The van der Waals surface area contributed by atoms with Crippen molar-refractivity contribution < 1.29 is 28.0 Å². The van der Waals surface area contributed by atoms with Crippen molar-refractivity contribution in [2.24, 2.45) is 11.3 Å². The van der Waals surface area contributed by atoms with E-state index in [2.05, 4.69) is 0 Å². The predicted molar refractivity (Wildman–Crippen MR) is 67.8 cm³/mol. The Kier molecular flexibility index (Phi) is 2.37. The number of hydrogen-bond acceptors (Lipinski definition) is 4. The molecule has 1 unspecified atom stereocenters. The maximum Gasteiger partial charge on any atom is 0.343 e. The molecule has 1 atom stereocenters. The van der Waals surface area contributed by atoms with Crippen LogP contribution in [0.4, 0.5) is 8.78 Å². The molecule has 0 radical (unpaired) electrons. The first-order valence-corrected chi connectivity index (χ1v) is 6.97. The minimum absolute atomic E-state index is 0.0983. The number of hydrogen-bond donors (Lipinski definition) is 0. The summed E-state index contributed by atoms with van der Waals surface area (Å²) in [7, 11) is 0. The van der Waals surface area contributed by atoms with Gasteiger partial charge in [-0.25, -0.2) is 13.6 Å². The quantitative estimate of drug-likeness (QED) is 0.786. The molecule has 5 nitrogen and oxygen atoms in total. The summed E-state index contributed by atoms with van der Waals surface area (Å²) in [6.45, 7) is 0. The largest absolute Gasteiger partial charge is 0.343 e. The molecule has 2 amide bonds. The smallest absolute Gasteiger partial charge is 0.329 e. The summed E-state index contributed by atoms with van der Waals surface area (Å²) in [4.78, 5) is 40.8. The highest BCUT2D eigenvalue weighted by molar-refractivity contribution is 6.20. The number of halogens is 2. The molecule has 22 heavy (non-hydrogen) atoms. The van der Waals surface area contributed by atoms with Crippen molar-refractivity contribution in [3.8, 4) is 0 Å². The molecule has 1 spiro atoms. The number of benzene rings is 1. The molecule has 1 aromatic rings. The Balaban J connectivity index is 1.55. The van der Waals surface area contributed by atoms with Crippen molar-refractivity contribution in [1.82, 2.24) is 5.06 Å². The van der Waals surface area contributed by atoms with Crippen LogP contribution in [-0.2, 0) is 9.63 Å². The number of rotatable bonds is 2. The molecule has 2 saturated carbocycles.